The fourth-order valence-electron chi connectivity index (χ4n) is 1.51. The first kappa shape index (κ1) is 17.0. The van der Waals surface area contributed by atoms with Crippen molar-refractivity contribution in [2.24, 2.45) is 5.41 Å². The fraction of sp³-hybridized carbons (Fsp3) is 0.429. The van der Waals surface area contributed by atoms with E-state index in [1.165, 1.54) is 13.8 Å². The van der Waals surface area contributed by atoms with Gasteiger partial charge in [0.2, 0.25) is 0 Å². The quantitative estimate of drug-likeness (QED) is 0.879. The minimum atomic E-state index is -4.44. The van der Waals surface area contributed by atoms with Crippen molar-refractivity contribution in [1.29, 1.82) is 0 Å². The zero-order valence-corrected chi connectivity index (χ0v) is 11.6. The SMILES string of the molecule is CC(C)(CCNC(=O)c1ccc(C(F)(F)F)cc1)C(=O)O. The Bertz CT molecular complexity index is 521. The lowest BCUT2D eigenvalue weighted by Crippen LogP contribution is -2.31. The molecule has 21 heavy (non-hydrogen) atoms. The van der Waals surface area contributed by atoms with Gasteiger partial charge in [0.25, 0.3) is 5.91 Å². The number of hydrogen-bond acceptors (Lipinski definition) is 2. The van der Waals surface area contributed by atoms with Gasteiger partial charge < -0.3 is 10.4 Å². The molecule has 0 aromatic heterocycles. The van der Waals surface area contributed by atoms with Gasteiger partial charge in [-0.15, -0.1) is 0 Å². The number of carbonyl (C=O) groups excluding carboxylic acids is 1. The van der Waals surface area contributed by atoms with Gasteiger partial charge in [-0.1, -0.05) is 0 Å². The van der Waals surface area contributed by atoms with E-state index < -0.39 is 29.0 Å². The lowest BCUT2D eigenvalue weighted by molar-refractivity contribution is -0.147. The van der Waals surface area contributed by atoms with Gasteiger partial charge in [-0.05, 0) is 44.5 Å². The predicted octanol–water partition coefficient (Wildman–Crippen LogP) is 2.94. The topological polar surface area (TPSA) is 66.4 Å². The minimum Gasteiger partial charge on any atom is -0.481 e. The van der Waals surface area contributed by atoms with E-state index in [0.717, 1.165) is 24.3 Å². The Labute approximate surface area is 120 Å². The van der Waals surface area contributed by atoms with Crippen LogP contribution in [0.4, 0.5) is 13.2 Å². The summed E-state index contributed by atoms with van der Waals surface area (Å²) in [5.74, 6) is -1.52. The van der Waals surface area contributed by atoms with Crippen LogP contribution in [0.2, 0.25) is 0 Å². The van der Waals surface area contributed by atoms with E-state index in [2.05, 4.69) is 5.32 Å². The fourth-order valence-corrected chi connectivity index (χ4v) is 1.51. The van der Waals surface area contributed by atoms with E-state index in [4.69, 9.17) is 5.11 Å². The zero-order chi connectivity index (χ0) is 16.3. The normalized spacial score (nSPS) is 12.0. The van der Waals surface area contributed by atoms with Crippen LogP contribution in [0, 0.1) is 5.41 Å². The third-order valence-corrected chi connectivity index (χ3v) is 3.09. The van der Waals surface area contributed by atoms with Crippen molar-refractivity contribution >= 4 is 11.9 Å². The van der Waals surface area contributed by atoms with E-state index in [0.29, 0.717) is 0 Å². The zero-order valence-electron chi connectivity index (χ0n) is 11.6. The van der Waals surface area contributed by atoms with Crippen LogP contribution >= 0.6 is 0 Å². The summed E-state index contributed by atoms with van der Waals surface area (Å²) in [6.45, 7) is 3.18. The Hall–Kier alpha value is -2.05. The van der Waals surface area contributed by atoms with Crippen LogP contribution in [-0.2, 0) is 11.0 Å². The summed E-state index contributed by atoms with van der Waals surface area (Å²) in [6, 6.07) is 3.83. The maximum absolute atomic E-state index is 12.4. The summed E-state index contributed by atoms with van der Waals surface area (Å²) in [4.78, 5) is 22.6. The molecule has 0 aliphatic heterocycles. The largest absolute Gasteiger partial charge is 0.481 e. The third kappa shape index (κ3) is 4.77. The summed E-state index contributed by atoms with van der Waals surface area (Å²) < 4.78 is 37.1. The number of alkyl halides is 3. The Morgan fingerprint density at radius 2 is 1.67 bits per heavy atom. The minimum absolute atomic E-state index is 0.0936. The number of halogens is 3. The highest BCUT2D eigenvalue weighted by atomic mass is 19.4. The van der Waals surface area contributed by atoms with E-state index in [9.17, 15) is 22.8 Å². The second-order valence-electron chi connectivity index (χ2n) is 5.27. The maximum atomic E-state index is 12.4. The molecule has 0 aliphatic carbocycles. The van der Waals surface area contributed by atoms with Crippen molar-refractivity contribution in [3.63, 3.8) is 0 Å². The van der Waals surface area contributed by atoms with Gasteiger partial charge in [0.05, 0.1) is 11.0 Å². The highest BCUT2D eigenvalue weighted by Gasteiger charge is 2.30. The molecule has 0 heterocycles. The van der Waals surface area contributed by atoms with Crippen molar-refractivity contribution in [3.8, 4) is 0 Å². The van der Waals surface area contributed by atoms with Crippen LogP contribution in [0.3, 0.4) is 0 Å². The first-order chi connectivity index (χ1) is 9.54. The molecule has 0 bridgehead atoms. The first-order valence-corrected chi connectivity index (χ1v) is 6.23. The monoisotopic (exact) mass is 303 g/mol. The summed E-state index contributed by atoms with van der Waals surface area (Å²) >= 11 is 0. The number of carboxylic acid groups (broad SMARTS) is 1. The molecular formula is C14H16F3NO3. The van der Waals surface area contributed by atoms with Gasteiger partial charge in [0.1, 0.15) is 0 Å². The molecule has 4 nitrogen and oxygen atoms in total. The second-order valence-corrected chi connectivity index (χ2v) is 5.27. The van der Waals surface area contributed by atoms with E-state index >= 15 is 0 Å². The molecule has 0 saturated carbocycles. The van der Waals surface area contributed by atoms with Crippen molar-refractivity contribution in [3.05, 3.63) is 35.4 Å². The Balaban J connectivity index is 2.59. The van der Waals surface area contributed by atoms with Crippen LogP contribution < -0.4 is 5.32 Å². The van der Waals surface area contributed by atoms with Crippen LogP contribution in [-0.4, -0.2) is 23.5 Å². The number of aliphatic carboxylic acids is 1. The number of nitrogens with one attached hydrogen (secondary N) is 1. The van der Waals surface area contributed by atoms with Crippen molar-refractivity contribution < 1.29 is 27.9 Å². The van der Waals surface area contributed by atoms with Crippen LogP contribution in [0.25, 0.3) is 0 Å². The number of carbonyl (C=O) groups is 2. The Morgan fingerprint density at radius 1 is 1.14 bits per heavy atom. The van der Waals surface area contributed by atoms with Gasteiger partial charge in [-0.25, -0.2) is 0 Å². The van der Waals surface area contributed by atoms with Gasteiger partial charge in [-0.3, -0.25) is 9.59 Å². The number of amides is 1. The molecule has 1 aromatic rings. The van der Waals surface area contributed by atoms with Crippen molar-refractivity contribution in [2.45, 2.75) is 26.4 Å². The second kappa shape index (κ2) is 6.15. The van der Waals surface area contributed by atoms with E-state index in [1.54, 1.807) is 0 Å². The van der Waals surface area contributed by atoms with Gasteiger partial charge in [0.15, 0.2) is 0 Å². The highest BCUT2D eigenvalue weighted by molar-refractivity contribution is 5.94. The molecule has 0 unspecified atom stereocenters. The molecule has 0 atom stereocenters. The molecule has 1 rings (SSSR count). The molecule has 2 N–H and O–H groups in total. The lowest BCUT2D eigenvalue weighted by atomic mass is 9.90. The van der Waals surface area contributed by atoms with E-state index in [-0.39, 0.29) is 18.5 Å². The summed E-state index contributed by atoms with van der Waals surface area (Å²) in [5, 5.41) is 11.4. The number of rotatable bonds is 5. The summed E-state index contributed by atoms with van der Waals surface area (Å²) in [6.07, 6.45) is -4.23. The smallest absolute Gasteiger partial charge is 0.416 e. The Morgan fingerprint density at radius 3 is 2.10 bits per heavy atom. The van der Waals surface area contributed by atoms with Crippen LogP contribution in [0.1, 0.15) is 36.2 Å². The molecule has 1 aromatic carbocycles. The standard InChI is InChI=1S/C14H16F3NO3/c1-13(2,12(20)21)7-8-18-11(19)9-3-5-10(6-4-9)14(15,16)17/h3-6H,7-8H2,1-2H3,(H,18,19)(H,20,21). The average Bonchev–Trinajstić information content (AvgIpc) is 2.37. The predicted molar refractivity (Wildman–Crippen MR) is 69.8 cm³/mol. The molecular weight excluding hydrogens is 287 g/mol. The number of carboxylic acids is 1. The third-order valence-electron chi connectivity index (χ3n) is 3.09. The van der Waals surface area contributed by atoms with E-state index in [1.807, 2.05) is 0 Å². The van der Waals surface area contributed by atoms with Crippen molar-refractivity contribution in [2.75, 3.05) is 6.54 Å². The molecule has 1 amide bonds. The summed E-state index contributed by atoms with van der Waals surface area (Å²) in [5.41, 5.74) is -1.71. The molecule has 0 aliphatic rings. The maximum Gasteiger partial charge on any atom is 0.416 e. The number of benzene rings is 1. The molecule has 0 radical (unpaired) electrons. The Kier molecular flexibility index (Phi) is 4.98. The van der Waals surface area contributed by atoms with Gasteiger partial charge in [-0.2, -0.15) is 13.2 Å². The van der Waals surface area contributed by atoms with Crippen molar-refractivity contribution in [1.82, 2.24) is 5.32 Å². The van der Waals surface area contributed by atoms with Gasteiger partial charge in [0, 0.05) is 12.1 Å². The molecule has 0 spiro atoms. The first-order valence-electron chi connectivity index (χ1n) is 6.23. The lowest BCUT2D eigenvalue weighted by Gasteiger charge is -2.18. The van der Waals surface area contributed by atoms with Crippen LogP contribution in [0.5, 0.6) is 0 Å². The average molecular weight is 303 g/mol. The highest BCUT2D eigenvalue weighted by Crippen LogP contribution is 2.29. The van der Waals surface area contributed by atoms with Crippen LogP contribution in [0.15, 0.2) is 24.3 Å². The molecule has 0 saturated heterocycles. The van der Waals surface area contributed by atoms with Gasteiger partial charge >= 0.3 is 12.1 Å². The molecule has 7 heteroatoms. The summed E-state index contributed by atoms with van der Waals surface area (Å²) in [7, 11) is 0. The molecule has 0 fully saturated rings. The molecule has 116 valence electrons. The number of hydrogen-bond donors (Lipinski definition) is 2.